The molecule has 1 aromatic carbocycles. The third-order valence-corrected chi connectivity index (χ3v) is 5.37. The molecule has 0 aliphatic carbocycles. The summed E-state index contributed by atoms with van der Waals surface area (Å²) in [7, 11) is -3.71. The van der Waals surface area contributed by atoms with E-state index in [-0.39, 0.29) is 16.5 Å². The summed E-state index contributed by atoms with van der Waals surface area (Å²) >= 11 is 0. The maximum absolute atomic E-state index is 12.7. The predicted molar refractivity (Wildman–Crippen MR) is 74.4 cm³/mol. The molecule has 1 unspecified atom stereocenters. The van der Waals surface area contributed by atoms with Crippen molar-refractivity contribution in [3.05, 3.63) is 23.8 Å². The first-order chi connectivity index (χ1) is 9.50. The highest BCUT2D eigenvalue weighted by Gasteiger charge is 2.34. The summed E-state index contributed by atoms with van der Waals surface area (Å²) in [4.78, 5) is 0.00884. The molecule has 1 atom stereocenters. The van der Waals surface area contributed by atoms with Crippen molar-refractivity contribution in [2.24, 2.45) is 0 Å². The Morgan fingerprint density at radius 3 is 2.95 bits per heavy atom. The molecule has 1 aromatic rings. The first kappa shape index (κ1) is 14.8. The van der Waals surface area contributed by atoms with Crippen LogP contribution in [0.15, 0.2) is 23.1 Å². The average molecular weight is 295 g/mol. The zero-order chi connectivity index (χ0) is 14.8. The Labute approximate surface area is 118 Å². The van der Waals surface area contributed by atoms with Crippen molar-refractivity contribution in [3.8, 4) is 6.07 Å². The summed E-state index contributed by atoms with van der Waals surface area (Å²) in [6.45, 7) is 2.96. The van der Waals surface area contributed by atoms with Crippen LogP contribution in [0.2, 0.25) is 0 Å². The molecule has 0 bridgehead atoms. The number of nitrogens with two attached hydrogens (primary N) is 1. The van der Waals surface area contributed by atoms with Crippen molar-refractivity contribution < 1.29 is 13.2 Å². The minimum absolute atomic E-state index is 0.00884. The lowest BCUT2D eigenvalue weighted by Gasteiger charge is -2.34. The molecule has 0 aromatic heterocycles. The van der Waals surface area contributed by atoms with Crippen molar-refractivity contribution in [2.45, 2.75) is 24.3 Å². The molecule has 1 saturated heterocycles. The quantitative estimate of drug-likeness (QED) is 0.837. The van der Waals surface area contributed by atoms with Crippen LogP contribution in [0.3, 0.4) is 0 Å². The minimum atomic E-state index is -3.71. The van der Waals surface area contributed by atoms with Crippen molar-refractivity contribution in [2.75, 3.05) is 25.5 Å². The second-order valence-electron chi connectivity index (χ2n) is 4.62. The first-order valence-electron chi connectivity index (χ1n) is 6.40. The van der Waals surface area contributed by atoms with Gasteiger partial charge in [-0.2, -0.15) is 9.57 Å². The minimum Gasteiger partial charge on any atom is -0.399 e. The summed E-state index contributed by atoms with van der Waals surface area (Å²) in [6.07, 6.45) is 0.663. The number of hydrogen-bond acceptors (Lipinski definition) is 5. The lowest BCUT2D eigenvalue weighted by atomic mass is 10.2. The third kappa shape index (κ3) is 2.63. The van der Waals surface area contributed by atoms with Crippen molar-refractivity contribution in [3.63, 3.8) is 0 Å². The standard InChI is InChI=1S/C13H17N3O3S/c1-2-12-9-19-6-5-16(12)20(17,18)13-4-3-11(15)7-10(13)8-14/h3-4,7,12H,2,5-6,9,15H2,1H3. The summed E-state index contributed by atoms with van der Waals surface area (Å²) in [5.41, 5.74) is 6.04. The van der Waals surface area contributed by atoms with E-state index in [0.717, 1.165) is 0 Å². The molecule has 1 aliphatic heterocycles. The Morgan fingerprint density at radius 1 is 1.55 bits per heavy atom. The molecular weight excluding hydrogens is 278 g/mol. The number of nitrogen functional groups attached to an aromatic ring is 1. The molecule has 108 valence electrons. The van der Waals surface area contributed by atoms with Crippen LogP contribution in [0, 0.1) is 11.3 Å². The highest BCUT2D eigenvalue weighted by Crippen LogP contribution is 2.25. The number of anilines is 1. The summed E-state index contributed by atoms with van der Waals surface area (Å²) < 4.78 is 32.2. The fraction of sp³-hybridized carbons (Fsp3) is 0.462. The lowest BCUT2D eigenvalue weighted by molar-refractivity contribution is 0.0314. The van der Waals surface area contributed by atoms with E-state index in [1.54, 1.807) is 0 Å². The smallest absolute Gasteiger partial charge is 0.244 e. The van der Waals surface area contributed by atoms with Crippen LogP contribution in [0.4, 0.5) is 5.69 Å². The van der Waals surface area contributed by atoms with Crippen LogP contribution in [-0.4, -0.2) is 38.5 Å². The summed E-state index contributed by atoms with van der Waals surface area (Å²) in [6, 6.07) is 5.97. The van der Waals surface area contributed by atoms with Crippen LogP contribution in [0.25, 0.3) is 0 Å². The highest BCUT2D eigenvalue weighted by atomic mass is 32.2. The normalized spacial score (nSPS) is 20.5. The number of sulfonamides is 1. The summed E-state index contributed by atoms with van der Waals surface area (Å²) in [5.74, 6) is 0. The molecule has 2 rings (SSSR count). The Morgan fingerprint density at radius 2 is 2.30 bits per heavy atom. The highest BCUT2D eigenvalue weighted by molar-refractivity contribution is 7.89. The molecule has 0 spiro atoms. The van der Waals surface area contributed by atoms with E-state index < -0.39 is 10.0 Å². The van der Waals surface area contributed by atoms with Gasteiger partial charge >= 0.3 is 0 Å². The van der Waals surface area contributed by atoms with E-state index >= 15 is 0 Å². The monoisotopic (exact) mass is 295 g/mol. The SMILES string of the molecule is CCC1COCCN1S(=O)(=O)c1ccc(N)cc1C#N. The van der Waals surface area contributed by atoms with E-state index in [2.05, 4.69) is 0 Å². The molecule has 6 nitrogen and oxygen atoms in total. The van der Waals surface area contributed by atoms with E-state index in [9.17, 15) is 8.42 Å². The summed E-state index contributed by atoms with van der Waals surface area (Å²) in [5, 5.41) is 9.11. The average Bonchev–Trinajstić information content (AvgIpc) is 2.46. The number of nitrogens with zero attached hydrogens (tertiary/aromatic N) is 2. The van der Waals surface area contributed by atoms with E-state index in [4.69, 9.17) is 15.7 Å². The number of nitriles is 1. The largest absolute Gasteiger partial charge is 0.399 e. The molecule has 0 amide bonds. The van der Waals surface area contributed by atoms with Crippen LogP contribution in [0.5, 0.6) is 0 Å². The third-order valence-electron chi connectivity index (χ3n) is 3.36. The second kappa shape index (κ2) is 5.79. The van der Waals surface area contributed by atoms with Gasteiger partial charge in [0.1, 0.15) is 11.0 Å². The van der Waals surface area contributed by atoms with Gasteiger partial charge in [0.15, 0.2) is 0 Å². The fourth-order valence-corrected chi connectivity index (χ4v) is 4.06. The maximum Gasteiger partial charge on any atom is 0.244 e. The molecule has 0 saturated carbocycles. The van der Waals surface area contributed by atoms with E-state index in [1.807, 2.05) is 13.0 Å². The number of ether oxygens (including phenoxy) is 1. The van der Waals surface area contributed by atoms with Gasteiger partial charge in [-0.25, -0.2) is 8.42 Å². The zero-order valence-corrected chi connectivity index (χ0v) is 12.1. The van der Waals surface area contributed by atoms with E-state index in [1.165, 1.54) is 22.5 Å². The number of benzene rings is 1. The maximum atomic E-state index is 12.7. The Kier molecular flexibility index (Phi) is 4.28. The van der Waals surface area contributed by atoms with Gasteiger partial charge in [-0.15, -0.1) is 0 Å². The molecule has 1 heterocycles. The molecule has 0 radical (unpaired) electrons. The van der Waals surface area contributed by atoms with E-state index in [0.29, 0.717) is 31.9 Å². The van der Waals surface area contributed by atoms with Gasteiger partial charge < -0.3 is 10.5 Å². The molecule has 1 fully saturated rings. The van der Waals surface area contributed by atoms with Crippen molar-refractivity contribution in [1.29, 1.82) is 5.26 Å². The van der Waals surface area contributed by atoms with Crippen LogP contribution in [-0.2, 0) is 14.8 Å². The Balaban J connectivity index is 2.47. The van der Waals surface area contributed by atoms with Gasteiger partial charge in [0.2, 0.25) is 10.0 Å². The number of morpholine rings is 1. The second-order valence-corrected chi connectivity index (χ2v) is 6.48. The Bertz CT molecular complexity index is 637. The van der Waals surface area contributed by atoms with Crippen molar-refractivity contribution >= 4 is 15.7 Å². The lowest BCUT2D eigenvalue weighted by Crippen LogP contribution is -2.48. The Hall–Kier alpha value is -1.62. The molecule has 20 heavy (non-hydrogen) atoms. The van der Waals surface area contributed by atoms with Gasteiger partial charge in [0.05, 0.1) is 18.8 Å². The molecular formula is C13H17N3O3S. The van der Waals surface area contributed by atoms with Gasteiger partial charge in [-0.1, -0.05) is 6.92 Å². The molecule has 2 N–H and O–H groups in total. The van der Waals surface area contributed by atoms with Gasteiger partial charge in [-0.3, -0.25) is 0 Å². The molecule has 1 aliphatic rings. The number of hydrogen-bond donors (Lipinski definition) is 1. The predicted octanol–water partition coefficient (Wildman–Crippen LogP) is 0.940. The van der Waals surface area contributed by atoms with Crippen molar-refractivity contribution in [1.82, 2.24) is 4.31 Å². The van der Waals surface area contributed by atoms with Crippen LogP contribution < -0.4 is 5.73 Å². The van der Waals surface area contributed by atoms with Crippen LogP contribution in [0.1, 0.15) is 18.9 Å². The number of rotatable bonds is 3. The van der Waals surface area contributed by atoms with Gasteiger partial charge in [0, 0.05) is 18.3 Å². The van der Waals surface area contributed by atoms with Gasteiger partial charge in [0.25, 0.3) is 0 Å². The first-order valence-corrected chi connectivity index (χ1v) is 7.84. The van der Waals surface area contributed by atoms with Crippen LogP contribution >= 0.6 is 0 Å². The van der Waals surface area contributed by atoms with Gasteiger partial charge in [-0.05, 0) is 24.6 Å². The fourth-order valence-electron chi connectivity index (χ4n) is 2.26. The zero-order valence-electron chi connectivity index (χ0n) is 11.2. The molecule has 7 heteroatoms. The topological polar surface area (TPSA) is 96.4 Å².